The minimum Gasteiger partial charge on any atom is -0.465 e. The van der Waals surface area contributed by atoms with Gasteiger partial charge in [-0.25, -0.2) is 9.97 Å². The van der Waals surface area contributed by atoms with Crippen LogP contribution >= 0.6 is 11.8 Å². The van der Waals surface area contributed by atoms with E-state index in [2.05, 4.69) is 15.3 Å². The molecule has 5 nitrogen and oxygen atoms in total. The molecule has 0 aromatic carbocycles. The molecule has 2 unspecified atom stereocenters. The van der Waals surface area contributed by atoms with Crippen LogP contribution in [0.25, 0.3) is 0 Å². The molecule has 0 aliphatic heterocycles. The zero-order valence-corrected chi connectivity index (χ0v) is 13.5. The third-order valence-electron chi connectivity index (χ3n) is 3.73. The van der Waals surface area contributed by atoms with Crippen molar-refractivity contribution in [2.24, 2.45) is 0 Å². The van der Waals surface area contributed by atoms with Gasteiger partial charge in [0.25, 0.3) is 0 Å². The van der Waals surface area contributed by atoms with Gasteiger partial charge in [-0.1, -0.05) is 6.92 Å². The van der Waals surface area contributed by atoms with E-state index in [1.54, 1.807) is 24.3 Å². The van der Waals surface area contributed by atoms with E-state index in [1.165, 1.54) is 0 Å². The molecule has 116 valence electrons. The molecule has 1 aromatic heterocycles. The lowest BCUT2D eigenvalue weighted by molar-refractivity contribution is -0.152. The molecule has 0 amide bonds. The average molecular weight is 309 g/mol. The number of rotatable bonds is 6. The van der Waals surface area contributed by atoms with E-state index in [9.17, 15) is 4.79 Å². The second-order valence-corrected chi connectivity index (χ2v) is 6.54. The monoisotopic (exact) mass is 309 g/mol. The number of esters is 1. The summed E-state index contributed by atoms with van der Waals surface area (Å²) in [7, 11) is 0. The number of nitrogens with one attached hydrogen (secondary N) is 1. The summed E-state index contributed by atoms with van der Waals surface area (Å²) in [5.74, 6) is -0.111. The summed E-state index contributed by atoms with van der Waals surface area (Å²) in [5, 5.41) is 4.71. The van der Waals surface area contributed by atoms with Crippen molar-refractivity contribution in [1.82, 2.24) is 15.3 Å². The van der Waals surface area contributed by atoms with Gasteiger partial charge in [-0.2, -0.15) is 0 Å². The van der Waals surface area contributed by atoms with Gasteiger partial charge in [0, 0.05) is 11.4 Å². The Hall–Kier alpha value is -1.14. The number of carbonyl (C=O) groups excluding carboxylic acids is 1. The Morgan fingerprint density at radius 2 is 2.43 bits per heavy atom. The predicted molar refractivity (Wildman–Crippen MR) is 83.2 cm³/mol. The molecule has 0 bridgehead atoms. The number of likely N-dealkylation sites (N-methyl/N-ethyl adjacent to an activating group) is 1. The zero-order valence-electron chi connectivity index (χ0n) is 12.7. The van der Waals surface area contributed by atoms with Crippen molar-refractivity contribution in [3.8, 4) is 0 Å². The van der Waals surface area contributed by atoms with Gasteiger partial charge in [-0.05, 0) is 45.2 Å². The molecule has 2 atom stereocenters. The van der Waals surface area contributed by atoms with Gasteiger partial charge >= 0.3 is 5.97 Å². The molecule has 21 heavy (non-hydrogen) atoms. The molecule has 1 aliphatic rings. The number of carbonyl (C=O) groups is 1. The molecule has 0 spiro atoms. The van der Waals surface area contributed by atoms with Crippen LogP contribution in [0.3, 0.4) is 0 Å². The summed E-state index contributed by atoms with van der Waals surface area (Å²) in [6, 6.07) is 1.92. The molecule has 1 N–H and O–H groups in total. The smallest absolute Gasteiger partial charge is 0.326 e. The molecular weight excluding hydrogens is 286 g/mol. The second-order valence-electron chi connectivity index (χ2n) is 5.22. The fourth-order valence-electron chi connectivity index (χ4n) is 2.87. The van der Waals surface area contributed by atoms with Crippen molar-refractivity contribution in [2.45, 2.75) is 55.3 Å². The number of nitrogens with zero attached hydrogens (tertiary/aromatic N) is 2. The van der Waals surface area contributed by atoms with E-state index in [0.717, 1.165) is 37.3 Å². The Morgan fingerprint density at radius 3 is 3.10 bits per heavy atom. The van der Waals surface area contributed by atoms with E-state index in [4.69, 9.17) is 4.74 Å². The molecule has 6 heteroatoms. The van der Waals surface area contributed by atoms with Crippen LogP contribution in [0.1, 0.15) is 39.5 Å². The first-order chi connectivity index (χ1) is 10.2. The Balaban J connectivity index is 2.07. The Labute approximate surface area is 130 Å². The molecule has 2 rings (SSSR count). The van der Waals surface area contributed by atoms with Crippen LogP contribution in [0.5, 0.6) is 0 Å². The van der Waals surface area contributed by atoms with Crippen LogP contribution in [0, 0.1) is 0 Å². The van der Waals surface area contributed by atoms with Crippen molar-refractivity contribution < 1.29 is 9.53 Å². The number of aromatic nitrogens is 2. The lowest BCUT2D eigenvalue weighted by Gasteiger charge is -2.39. The van der Waals surface area contributed by atoms with Crippen LogP contribution in [0.15, 0.2) is 23.6 Å². The van der Waals surface area contributed by atoms with Gasteiger partial charge < -0.3 is 10.1 Å². The van der Waals surface area contributed by atoms with Crippen molar-refractivity contribution in [3.05, 3.63) is 18.6 Å². The van der Waals surface area contributed by atoms with E-state index in [1.807, 2.05) is 19.9 Å². The topological polar surface area (TPSA) is 64.1 Å². The van der Waals surface area contributed by atoms with E-state index in [-0.39, 0.29) is 5.97 Å². The van der Waals surface area contributed by atoms with Crippen molar-refractivity contribution >= 4 is 17.7 Å². The van der Waals surface area contributed by atoms with Crippen LogP contribution in [0.2, 0.25) is 0 Å². The Morgan fingerprint density at radius 1 is 1.57 bits per heavy atom. The Kier molecular flexibility index (Phi) is 5.99. The summed E-state index contributed by atoms with van der Waals surface area (Å²) in [5.41, 5.74) is -0.534. The first kappa shape index (κ1) is 16.2. The highest BCUT2D eigenvalue weighted by atomic mass is 32.2. The summed E-state index contributed by atoms with van der Waals surface area (Å²) < 4.78 is 5.30. The van der Waals surface area contributed by atoms with E-state index < -0.39 is 5.54 Å². The van der Waals surface area contributed by atoms with Crippen molar-refractivity contribution in [2.75, 3.05) is 13.2 Å². The molecule has 1 aromatic rings. The van der Waals surface area contributed by atoms with Gasteiger partial charge in [-0.15, -0.1) is 11.8 Å². The number of thioether (sulfide) groups is 1. The van der Waals surface area contributed by atoms with Gasteiger partial charge in [0.15, 0.2) is 0 Å². The summed E-state index contributed by atoms with van der Waals surface area (Å²) >= 11 is 1.73. The third-order valence-corrected chi connectivity index (χ3v) is 4.95. The second kappa shape index (κ2) is 7.75. The standard InChI is InChI=1S/C15H23N3O2S/c1-3-18-15(14(19)20-4-2)8-5-6-12(10-15)21-13-7-9-16-11-17-13/h7,9,11-12,18H,3-6,8,10H2,1-2H3. The largest absolute Gasteiger partial charge is 0.465 e. The molecule has 1 fully saturated rings. The van der Waals surface area contributed by atoms with Gasteiger partial charge in [0.05, 0.1) is 11.6 Å². The van der Waals surface area contributed by atoms with Gasteiger partial charge in [0.1, 0.15) is 11.9 Å². The fraction of sp³-hybridized carbons (Fsp3) is 0.667. The highest BCUT2D eigenvalue weighted by Crippen LogP contribution is 2.38. The predicted octanol–water partition coefficient (Wildman–Crippen LogP) is 2.42. The lowest BCUT2D eigenvalue weighted by atomic mass is 9.81. The van der Waals surface area contributed by atoms with Gasteiger partial charge in [0.2, 0.25) is 0 Å². The summed E-state index contributed by atoms with van der Waals surface area (Å²) in [6.07, 6.45) is 7.07. The number of hydrogen-bond acceptors (Lipinski definition) is 6. The molecular formula is C15H23N3O2S. The fourth-order valence-corrected chi connectivity index (χ4v) is 4.11. The van der Waals surface area contributed by atoms with Crippen molar-refractivity contribution in [1.29, 1.82) is 0 Å². The number of ether oxygens (including phenoxy) is 1. The van der Waals surface area contributed by atoms with E-state index in [0.29, 0.717) is 11.9 Å². The van der Waals surface area contributed by atoms with Gasteiger partial charge in [-0.3, -0.25) is 4.79 Å². The van der Waals surface area contributed by atoms with Crippen molar-refractivity contribution in [3.63, 3.8) is 0 Å². The molecule has 1 heterocycles. The van der Waals surface area contributed by atoms with E-state index >= 15 is 0 Å². The number of hydrogen-bond donors (Lipinski definition) is 1. The quantitative estimate of drug-likeness (QED) is 0.643. The van der Waals surface area contributed by atoms with Crippen LogP contribution in [-0.2, 0) is 9.53 Å². The first-order valence-corrected chi connectivity index (χ1v) is 8.43. The highest BCUT2D eigenvalue weighted by Gasteiger charge is 2.43. The van der Waals surface area contributed by atoms with Crippen LogP contribution in [-0.4, -0.2) is 39.9 Å². The van der Waals surface area contributed by atoms with Crippen LogP contribution in [0.4, 0.5) is 0 Å². The normalized spacial score (nSPS) is 25.5. The third kappa shape index (κ3) is 4.17. The SMILES string of the molecule is CCNC1(C(=O)OCC)CCCC(Sc2ccncn2)C1. The Bertz CT molecular complexity index is 453. The summed E-state index contributed by atoms with van der Waals surface area (Å²) in [6.45, 7) is 5.08. The minimum atomic E-state index is -0.534. The zero-order chi connectivity index (χ0) is 15.1. The lowest BCUT2D eigenvalue weighted by Crippen LogP contribution is -2.56. The highest BCUT2D eigenvalue weighted by molar-refractivity contribution is 7.99. The maximum Gasteiger partial charge on any atom is 0.326 e. The molecule has 0 radical (unpaired) electrons. The minimum absolute atomic E-state index is 0.111. The maximum absolute atomic E-state index is 12.4. The maximum atomic E-state index is 12.4. The molecule has 1 aliphatic carbocycles. The molecule has 1 saturated carbocycles. The summed E-state index contributed by atoms with van der Waals surface area (Å²) in [4.78, 5) is 20.6. The molecule has 0 saturated heterocycles. The van der Waals surface area contributed by atoms with Crippen LogP contribution < -0.4 is 5.32 Å². The average Bonchev–Trinajstić information content (AvgIpc) is 2.49. The first-order valence-electron chi connectivity index (χ1n) is 7.55.